The number of carbonyl (C=O) groups excluding carboxylic acids is 1. The van der Waals surface area contributed by atoms with Gasteiger partial charge in [0.05, 0.1) is 0 Å². The molecule has 0 aliphatic carbocycles. The van der Waals surface area contributed by atoms with E-state index in [0.29, 0.717) is 11.3 Å². The van der Waals surface area contributed by atoms with Crippen LogP contribution in [0.15, 0.2) is 35.9 Å². The van der Waals surface area contributed by atoms with E-state index < -0.39 is 0 Å². The summed E-state index contributed by atoms with van der Waals surface area (Å²) in [5.74, 6) is 0.201. The Kier molecular flexibility index (Phi) is 3.94. The highest BCUT2D eigenvalue weighted by atomic mass is 16.5. The molecular weight excluding hydrogens is 216 g/mol. The van der Waals surface area contributed by atoms with Crippen molar-refractivity contribution in [2.45, 2.75) is 27.7 Å². The Hall–Kier alpha value is -1.77. The number of hydrogen-bond acceptors (Lipinski definition) is 3. The van der Waals surface area contributed by atoms with Crippen LogP contribution in [0, 0.1) is 5.41 Å². The predicted octanol–water partition coefficient (Wildman–Crippen LogP) is 3.29. The van der Waals surface area contributed by atoms with E-state index in [2.05, 4.69) is 0 Å². The molecule has 1 rings (SSSR count). The van der Waals surface area contributed by atoms with Crippen molar-refractivity contribution < 1.29 is 14.6 Å². The Morgan fingerprint density at radius 2 is 1.76 bits per heavy atom. The largest absolute Gasteiger partial charge is 0.508 e. The van der Waals surface area contributed by atoms with Crippen LogP contribution in [-0.4, -0.2) is 11.1 Å². The summed E-state index contributed by atoms with van der Waals surface area (Å²) < 4.78 is 5.16. The minimum atomic E-state index is -0.370. The van der Waals surface area contributed by atoms with Gasteiger partial charge < -0.3 is 9.84 Å². The topological polar surface area (TPSA) is 46.5 Å². The highest BCUT2D eigenvalue weighted by molar-refractivity contribution is 5.89. The number of carbonyl (C=O) groups is 1. The molecule has 0 atom stereocenters. The van der Waals surface area contributed by atoms with Crippen LogP contribution in [-0.2, 0) is 4.79 Å². The molecular formula is C14H18O3. The highest BCUT2D eigenvalue weighted by Crippen LogP contribution is 2.20. The van der Waals surface area contributed by atoms with Crippen molar-refractivity contribution in [2.75, 3.05) is 0 Å². The van der Waals surface area contributed by atoms with E-state index in [1.807, 2.05) is 26.8 Å². The van der Waals surface area contributed by atoms with Crippen LogP contribution in [0.4, 0.5) is 0 Å². The fourth-order valence-corrected chi connectivity index (χ4v) is 1.41. The van der Waals surface area contributed by atoms with Crippen molar-refractivity contribution in [1.82, 2.24) is 0 Å². The van der Waals surface area contributed by atoms with Gasteiger partial charge in [0.1, 0.15) is 11.5 Å². The summed E-state index contributed by atoms with van der Waals surface area (Å²) in [6.45, 7) is 7.78. The number of ether oxygens (including phenoxy) is 1. The standard InChI is InChI=1S/C14H18O3/c1-10(9-14(2,3)4)13(16)17-12-7-5-11(15)6-8-12/h5-9,15H,1-4H3. The van der Waals surface area contributed by atoms with Gasteiger partial charge in [-0.15, -0.1) is 0 Å². The summed E-state index contributed by atoms with van der Waals surface area (Å²) in [5, 5.41) is 9.10. The van der Waals surface area contributed by atoms with Gasteiger partial charge >= 0.3 is 5.97 Å². The molecule has 0 bridgehead atoms. The van der Waals surface area contributed by atoms with Crippen molar-refractivity contribution >= 4 is 5.97 Å². The molecule has 92 valence electrons. The van der Waals surface area contributed by atoms with E-state index in [1.54, 1.807) is 19.1 Å². The molecule has 1 aromatic carbocycles. The maximum absolute atomic E-state index is 11.7. The van der Waals surface area contributed by atoms with Gasteiger partial charge in [-0.1, -0.05) is 26.8 Å². The zero-order valence-corrected chi connectivity index (χ0v) is 10.7. The lowest BCUT2D eigenvalue weighted by atomic mass is 9.94. The highest BCUT2D eigenvalue weighted by Gasteiger charge is 2.12. The maximum atomic E-state index is 11.7. The first-order chi connectivity index (χ1) is 7.78. The van der Waals surface area contributed by atoms with Gasteiger partial charge in [-0.25, -0.2) is 4.79 Å². The number of phenolic OH excluding ortho intramolecular Hbond substituents is 1. The molecule has 0 aromatic heterocycles. The quantitative estimate of drug-likeness (QED) is 0.485. The average Bonchev–Trinajstić information content (AvgIpc) is 2.19. The van der Waals surface area contributed by atoms with Gasteiger partial charge in [-0.05, 0) is 36.6 Å². The molecule has 1 N–H and O–H groups in total. The summed E-state index contributed by atoms with van der Waals surface area (Å²) in [6.07, 6.45) is 1.87. The first-order valence-electron chi connectivity index (χ1n) is 5.48. The van der Waals surface area contributed by atoms with Crippen molar-refractivity contribution in [1.29, 1.82) is 0 Å². The Morgan fingerprint density at radius 3 is 2.24 bits per heavy atom. The van der Waals surface area contributed by atoms with Crippen LogP contribution in [0.3, 0.4) is 0 Å². The molecule has 0 saturated carbocycles. The third-order valence-corrected chi connectivity index (χ3v) is 2.02. The lowest BCUT2D eigenvalue weighted by molar-refractivity contribution is -0.130. The van der Waals surface area contributed by atoms with E-state index in [1.165, 1.54) is 12.1 Å². The Labute approximate surface area is 102 Å². The summed E-state index contributed by atoms with van der Waals surface area (Å²) in [4.78, 5) is 11.7. The average molecular weight is 234 g/mol. The number of esters is 1. The van der Waals surface area contributed by atoms with Crippen molar-refractivity contribution in [3.05, 3.63) is 35.9 Å². The second kappa shape index (κ2) is 5.04. The summed E-state index contributed by atoms with van der Waals surface area (Å²) in [6, 6.07) is 6.06. The minimum Gasteiger partial charge on any atom is -0.508 e. The second-order valence-corrected chi connectivity index (χ2v) is 5.08. The van der Waals surface area contributed by atoms with E-state index >= 15 is 0 Å². The van der Waals surface area contributed by atoms with Crippen molar-refractivity contribution in [2.24, 2.45) is 5.41 Å². The van der Waals surface area contributed by atoms with Crippen LogP contribution in [0.2, 0.25) is 0 Å². The molecule has 0 radical (unpaired) electrons. The van der Waals surface area contributed by atoms with E-state index in [-0.39, 0.29) is 17.1 Å². The molecule has 17 heavy (non-hydrogen) atoms. The lowest BCUT2D eigenvalue weighted by Gasteiger charge is -2.13. The lowest BCUT2D eigenvalue weighted by Crippen LogP contribution is -2.12. The molecule has 3 heteroatoms. The van der Waals surface area contributed by atoms with Crippen LogP contribution in [0.25, 0.3) is 0 Å². The van der Waals surface area contributed by atoms with Gasteiger partial charge in [0.25, 0.3) is 0 Å². The third-order valence-electron chi connectivity index (χ3n) is 2.02. The molecule has 0 aliphatic heterocycles. The number of aromatic hydroxyl groups is 1. The number of allylic oxidation sites excluding steroid dienone is 1. The molecule has 0 amide bonds. The molecule has 3 nitrogen and oxygen atoms in total. The maximum Gasteiger partial charge on any atom is 0.338 e. The monoisotopic (exact) mass is 234 g/mol. The Morgan fingerprint density at radius 1 is 1.24 bits per heavy atom. The van der Waals surface area contributed by atoms with Gasteiger partial charge in [0, 0.05) is 5.57 Å². The van der Waals surface area contributed by atoms with Crippen LogP contribution < -0.4 is 4.74 Å². The first kappa shape index (κ1) is 13.3. The Balaban J connectivity index is 2.73. The summed E-state index contributed by atoms with van der Waals surface area (Å²) in [5.41, 5.74) is 0.517. The van der Waals surface area contributed by atoms with Gasteiger partial charge in [0.2, 0.25) is 0 Å². The van der Waals surface area contributed by atoms with E-state index in [9.17, 15) is 4.79 Å². The van der Waals surface area contributed by atoms with Gasteiger partial charge in [-0.3, -0.25) is 0 Å². The number of rotatable bonds is 2. The van der Waals surface area contributed by atoms with E-state index in [0.717, 1.165) is 0 Å². The fraction of sp³-hybridized carbons (Fsp3) is 0.357. The van der Waals surface area contributed by atoms with Crippen LogP contribution in [0.1, 0.15) is 27.7 Å². The van der Waals surface area contributed by atoms with Crippen molar-refractivity contribution in [3.63, 3.8) is 0 Å². The summed E-state index contributed by atoms with van der Waals surface area (Å²) >= 11 is 0. The number of phenols is 1. The van der Waals surface area contributed by atoms with Crippen LogP contribution >= 0.6 is 0 Å². The molecule has 0 heterocycles. The fourth-order valence-electron chi connectivity index (χ4n) is 1.41. The number of hydrogen-bond donors (Lipinski definition) is 1. The first-order valence-corrected chi connectivity index (χ1v) is 5.48. The zero-order chi connectivity index (χ0) is 13.1. The molecule has 1 aromatic rings. The van der Waals surface area contributed by atoms with Gasteiger partial charge in [0.15, 0.2) is 0 Å². The number of benzene rings is 1. The molecule has 0 spiro atoms. The van der Waals surface area contributed by atoms with Crippen molar-refractivity contribution in [3.8, 4) is 11.5 Å². The SMILES string of the molecule is CC(=CC(C)(C)C)C(=O)Oc1ccc(O)cc1. The zero-order valence-electron chi connectivity index (χ0n) is 10.7. The van der Waals surface area contributed by atoms with E-state index in [4.69, 9.17) is 9.84 Å². The predicted molar refractivity (Wildman–Crippen MR) is 67.0 cm³/mol. The normalized spacial score (nSPS) is 12.4. The molecule has 0 aliphatic rings. The molecule has 0 saturated heterocycles. The second-order valence-electron chi connectivity index (χ2n) is 5.08. The summed E-state index contributed by atoms with van der Waals surface area (Å²) in [7, 11) is 0. The molecule has 0 unspecified atom stereocenters. The smallest absolute Gasteiger partial charge is 0.338 e. The van der Waals surface area contributed by atoms with Gasteiger partial charge in [-0.2, -0.15) is 0 Å². The third kappa shape index (κ3) is 4.72. The Bertz CT molecular complexity index is 422. The van der Waals surface area contributed by atoms with Crippen LogP contribution in [0.5, 0.6) is 11.5 Å². The molecule has 0 fully saturated rings. The minimum absolute atomic E-state index is 0.0575.